The number of carboxylic acid groups (broad SMARTS) is 1. The van der Waals surface area contributed by atoms with Crippen molar-refractivity contribution in [3.05, 3.63) is 29.3 Å². The second-order valence-electron chi connectivity index (χ2n) is 4.05. The van der Waals surface area contributed by atoms with Gasteiger partial charge < -0.3 is 5.11 Å². The fourth-order valence-corrected chi connectivity index (χ4v) is 2.90. The SMILES string of the molecule is CCC(C)S(=O)(=O)c1ccc(C)c(C(=O)O)c1. The highest BCUT2D eigenvalue weighted by atomic mass is 32.2. The molecule has 0 saturated heterocycles. The van der Waals surface area contributed by atoms with Gasteiger partial charge in [-0.25, -0.2) is 13.2 Å². The summed E-state index contributed by atoms with van der Waals surface area (Å²) >= 11 is 0. The average molecular weight is 256 g/mol. The van der Waals surface area contributed by atoms with Crippen LogP contribution in [0.2, 0.25) is 0 Å². The zero-order valence-electron chi connectivity index (χ0n) is 10.1. The molecule has 0 radical (unpaired) electrons. The van der Waals surface area contributed by atoms with Crippen LogP contribution in [0.15, 0.2) is 23.1 Å². The van der Waals surface area contributed by atoms with Crippen molar-refractivity contribution < 1.29 is 18.3 Å². The van der Waals surface area contributed by atoms with Crippen LogP contribution in [0.5, 0.6) is 0 Å². The first-order chi connectivity index (χ1) is 7.80. The molecule has 1 aromatic carbocycles. The first-order valence-electron chi connectivity index (χ1n) is 5.38. The molecule has 1 rings (SSSR count). The van der Waals surface area contributed by atoms with Gasteiger partial charge in [-0.05, 0) is 38.0 Å². The number of hydrogen-bond donors (Lipinski definition) is 1. The molecular formula is C12H16O4S. The zero-order valence-corrected chi connectivity index (χ0v) is 10.9. The third kappa shape index (κ3) is 2.66. The van der Waals surface area contributed by atoms with E-state index in [0.29, 0.717) is 12.0 Å². The van der Waals surface area contributed by atoms with Gasteiger partial charge in [-0.3, -0.25) is 0 Å². The Morgan fingerprint density at radius 2 is 2.00 bits per heavy atom. The predicted octanol–water partition coefficient (Wildman–Crippen LogP) is 2.27. The lowest BCUT2D eigenvalue weighted by Gasteiger charge is -2.11. The maximum absolute atomic E-state index is 12.1. The van der Waals surface area contributed by atoms with E-state index in [-0.39, 0.29) is 10.5 Å². The number of aryl methyl sites for hydroxylation is 1. The molecule has 0 amide bonds. The minimum absolute atomic E-state index is 0.0365. The smallest absolute Gasteiger partial charge is 0.335 e. The summed E-state index contributed by atoms with van der Waals surface area (Å²) in [5.74, 6) is -1.11. The Morgan fingerprint density at radius 3 is 2.47 bits per heavy atom. The van der Waals surface area contributed by atoms with Crippen molar-refractivity contribution in [1.82, 2.24) is 0 Å². The fourth-order valence-electron chi connectivity index (χ4n) is 1.46. The minimum Gasteiger partial charge on any atom is -0.478 e. The number of rotatable bonds is 4. The predicted molar refractivity (Wildman–Crippen MR) is 65.1 cm³/mol. The Labute approximate surface area is 101 Å². The Hall–Kier alpha value is -1.36. The monoisotopic (exact) mass is 256 g/mol. The lowest BCUT2D eigenvalue weighted by molar-refractivity contribution is 0.0696. The molecule has 1 atom stereocenters. The van der Waals surface area contributed by atoms with Crippen molar-refractivity contribution in [2.45, 2.75) is 37.3 Å². The highest BCUT2D eigenvalue weighted by Crippen LogP contribution is 2.21. The number of aromatic carboxylic acids is 1. The van der Waals surface area contributed by atoms with Crippen LogP contribution >= 0.6 is 0 Å². The van der Waals surface area contributed by atoms with Gasteiger partial charge >= 0.3 is 5.97 Å². The van der Waals surface area contributed by atoms with Gasteiger partial charge in [-0.2, -0.15) is 0 Å². The van der Waals surface area contributed by atoms with Gasteiger partial charge in [0.15, 0.2) is 9.84 Å². The van der Waals surface area contributed by atoms with E-state index in [9.17, 15) is 13.2 Å². The van der Waals surface area contributed by atoms with Gasteiger partial charge in [0.05, 0.1) is 15.7 Å². The molecule has 1 unspecified atom stereocenters. The maximum Gasteiger partial charge on any atom is 0.335 e. The van der Waals surface area contributed by atoms with Crippen LogP contribution < -0.4 is 0 Å². The van der Waals surface area contributed by atoms with Crippen molar-refractivity contribution >= 4 is 15.8 Å². The molecular weight excluding hydrogens is 240 g/mol. The number of sulfone groups is 1. The van der Waals surface area contributed by atoms with Crippen LogP contribution in [-0.2, 0) is 9.84 Å². The first kappa shape index (κ1) is 13.7. The molecule has 4 nitrogen and oxygen atoms in total. The summed E-state index contributed by atoms with van der Waals surface area (Å²) in [5, 5.41) is 8.45. The molecule has 0 aliphatic rings. The lowest BCUT2D eigenvalue weighted by atomic mass is 10.1. The number of hydrogen-bond acceptors (Lipinski definition) is 3. The van der Waals surface area contributed by atoms with Crippen LogP contribution in [0.3, 0.4) is 0 Å². The van der Waals surface area contributed by atoms with Gasteiger partial charge in [-0.15, -0.1) is 0 Å². The zero-order chi connectivity index (χ0) is 13.2. The molecule has 94 valence electrons. The van der Waals surface area contributed by atoms with E-state index in [2.05, 4.69) is 0 Å². The molecule has 0 heterocycles. The van der Waals surface area contributed by atoms with Crippen LogP contribution in [0.4, 0.5) is 0 Å². The van der Waals surface area contributed by atoms with E-state index in [4.69, 9.17) is 5.11 Å². The fraction of sp³-hybridized carbons (Fsp3) is 0.417. The topological polar surface area (TPSA) is 71.4 Å². The van der Waals surface area contributed by atoms with Gasteiger partial charge in [-0.1, -0.05) is 13.0 Å². The second kappa shape index (κ2) is 4.87. The van der Waals surface area contributed by atoms with Gasteiger partial charge in [0.1, 0.15) is 0 Å². The Kier molecular flexibility index (Phi) is 3.93. The van der Waals surface area contributed by atoms with Gasteiger partial charge in [0.25, 0.3) is 0 Å². The minimum atomic E-state index is -3.43. The van der Waals surface area contributed by atoms with Gasteiger partial charge in [0, 0.05) is 0 Å². The highest BCUT2D eigenvalue weighted by Gasteiger charge is 2.23. The number of carboxylic acids is 1. The second-order valence-corrected chi connectivity index (χ2v) is 6.41. The van der Waals surface area contributed by atoms with E-state index in [1.54, 1.807) is 20.8 Å². The summed E-state index contributed by atoms with van der Waals surface area (Å²) < 4.78 is 24.1. The van der Waals surface area contributed by atoms with Crippen molar-refractivity contribution in [2.24, 2.45) is 0 Å². The van der Waals surface area contributed by atoms with Crippen LogP contribution in [-0.4, -0.2) is 24.7 Å². The molecule has 5 heteroatoms. The number of carbonyl (C=O) groups is 1. The Bertz CT molecular complexity index is 531. The van der Waals surface area contributed by atoms with E-state index in [0.717, 1.165) is 0 Å². The molecule has 0 bridgehead atoms. The normalized spacial score (nSPS) is 13.4. The Balaban J connectivity index is 3.35. The molecule has 17 heavy (non-hydrogen) atoms. The molecule has 1 aromatic rings. The van der Waals surface area contributed by atoms with Gasteiger partial charge in [0.2, 0.25) is 0 Å². The van der Waals surface area contributed by atoms with E-state index in [1.165, 1.54) is 18.2 Å². The summed E-state index contributed by atoms with van der Waals surface area (Å²) in [6.45, 7) is 5.05. The summed E-state index contributed by atoms with van der Waals surface area (Å²) in [5.41, 5.74) is 0.593. The molecule has 0 aromatic heterocycles. The molecule has 0 fully saturated rings. The quantitative estimate of drug-likeness (QED) is 0.897. The summed E-state index contributed by atoms with van der Waals surface area (Å²) in [4.78, 5) is 11.0. The molecule has 0 spiro atoms. The van der Waals surface area contributed by atoms with Crippen LogP contribution in [0.1, 0.15) is 36.2 Å². The largest absolute Gasteiger partial charge is 0.478 e. The van der Waals surface area contributed by atoms with Crippen molar-refractivity contribution in [2.75, 3.05) is 0 Å². The molecule has 0 saturated carbocycles. The third-order valence-electron chi connectivity index (χ3n) is 2.87. The molecule has 1 N–H and O–H groups in total. The van der Waals surface area contributed by atoms with Crippen molar-refractivity contribution in [3.8, 4) is 0 Å². The van der Waals surface area contributed by atoms with E-state index < -0.39 is 21.1 Å². The lowest BCUT2D eigenvalue weighted by Crippen LogP contribution is -2.17. The summed E-state index contributed by atoms with van der Waals surface area (Å²) in [6, 6.07) is 4.22. The highest BCUT2D eigenvalue weighted by molar-refractivity contribution is 7.92. The Morgan fingerprint density at radius 1 is 1.41 bits per heavy atom. The van der Waals surface area contributed by atoms with E-state index >= 15 is 0 Å². The van der Waals surface area contributed by atoms with Crippen molar-refractivity contribution in [3.63, 3.8) is 0 Å². The maximum atomic E-state index is 12.1. The van der Waals surface area contributed by atoms with E-state index in [1.807, 2.05) is 0 Å². The summed E-state index contributed by atoms with van der Waals surface area (Å²) in [6.07, 6.45) is 0.499. The average Bonchev–Trinajstić information content (AvgIpc) is 2.27. The standard InChI is InChI=1S/C12H16O4S/c1-4-9(3)17(15,16)10-6-5-8(2)11(7-10)12(13)14/h5-7,9H,4H2,1-3H3,(H,13,14). The summed E-state index contributed by atoms with van der Waals surface area (Å²) in [7, 11) is -3.43. The third-order valence-corrected chi connectivity index (χ3v) is 5.18. The number of benzene rings is 1. The molecule has 0 aliphatic carbocycles. The van der Waals surface area contributed by atoms with Crippen molar-refractivity contribution in [1.29, 1.82) is 0 Å². The first-order valence-corrected chi connectivity index (χ1v) is 6.93. The molecule has 0 aliphatic heterocycles. The van der Waals surface area contributed by atoms with Crippen LogP contribution in [0.25, 0.3) is 0 Å². The van der Waals surface area contributed by atoms with Crippen LogP contribution in [0, 0.1) is 6.92 Å².